The Hall–Kier alpha value is -2.37. The van der Waals surface area contributed by atoms with Crippen molar-refractivity contribution in [2.24, 2.45) is 17.8 Å². The maximum atomic E-state index is 12.6. The van der Waals surface area contributed by atoms with Crippen LogP contribution in [0.1, 0.15) is 25.3 Å². The number of ether oxygens (including phenoxy) is 2. The fourth-order valence-electron chi connectivity index (χ4n) is 4.05. The van der Waals surface area contributed by atoms with Crippen molar-refractivity contribution in [2.75, 3.05) is 13.2 Å². The summed E-state index contributed by atoms with van der Waals surface area (Å²) in [4.78, 5) is 37.7. The number of rotatable bonds is 5. The van der Waals surface area contributed by atoms with Gasteiger partial charge in [-0.25, -0.2) is 9.59 Å². The molecular weight excluding hydrogens is 322 g/mol. The van der Waals surface area contributed by atoms with Crippen LogP contribution in [-0.4, -0.2) is 42.4 Å². The van der Waals surface area contributed by atoms with Gasteiger partial charge in [-0.3, -0.25) is 4.90 Å². The van der Waals surface area contributed by atoms with Gasteiger partial charge in [0.15, 0.2) is 0 Å². The quantitative estimate of drug-likeness (QED) is 0.605. The highest BCUT2D eigenvalue weighted by molar-refractivity contribution is 5.83. The number of hydrogen-bond donors (Lipinski definition) is 0. The second-order valence-corrected chi connectivity index (χ2v) is 6.59. The molecule has 1 heterocycles. The van der Waals surface area contributed by atoms with Gasteiger partial charge in [-0.1, -0.05) is 30.3 Å². The van der Waals surface area contributed by atoms with E-state index in [0.29, 0.717) is 6.54 Å². The summed E-state index contributed by atoms with van der Waals surface area (Å²) in [7, 11) is 0. The Labute approximate surface area is 147 Å². The number of amides is 1. The molecule has 6 nitrogen and oxygen atoms in total. The SMILES string of the molecule is CCOC(=O)[C@@H]1[C@H]2CCC(C=O)[C@H]2CN1C(=O)OCc1ccccc1. The Bertz CT molecular complexity index is 632. The van der Waals surface area contributed by atoms with Gasteiger partial charge in [0.25, 0.3) is 0 Å². The van der Waals surface area contributed by atoms with E-state index in [1.54, 1.807) is 6.92 Å². The molecule has 1 aromatic rings. The van der Waals surface area contributed by atoms with Crippen LogP contribution in [0.15, 0.2) is 30.3 Å². The van der Waals surface area contributed by atoms with Crippen molar-refractivity contribution in [1.29, 1.82) is 0 Å². The number of aldehydes is 1. The first-order chi connectivity index (χ1) is 12.2. The molecule has 1 aromatic carbocycles. The van der Waals surface area contributed by atoms with E-state index < -0.39 is 18.1 Å². The normalized spacial score (nSPS) is 27.6. The summed E-state index contributed by atoms with van der Waals surface area (Å²) in [6, 6.07) is 8.73. The minimum Gasteiger partial charge on any atom is -0.464 e. The third-order valence-electron chi connectivity index (χ3n) is 5.22. The molecule has 25 heavy (non-hydrogen) atoms. The molecule has 0 N–H and O–H groups in total. The standard InChI is InChI=1S/C19H23NO5/c1-2-24-18(22)17-15-9-8-14(11-21)16(15)10-20(17)19(23)25-12-13-6-4-3-5-7-13/h3-7,11,14-17H,2,8-10,12H2,1H3/t14?,15-,16+,17-/m0/s1. The van der Waals surface area contributed by atoms with Crippen molar-refractivity contribution in [3.05, 3.63) is 35.9 Å². The summed E-state index contributed by atoms with van der Waals surface area (Å²) in [6.45, 7) is 2.52. The van der Waals surface area contributed by atoms with Crippen LogP contribution in [0.2, 0.25) is 0 Å². The van der Waals surface area contributed by atoms with Gasteiger partial charge in [0.05, 0.1) is 6.61 Å². The van der Waals surface area contributed by atoms with Crippen molar-refractivity contribution in [3.8, 4) is 0 Å². The van der Waals surface area contributed by atoms with Crippen LogP contribution in [0.25, 0.3) is 0 Å². The molecule has 1 saturated carbocycles. The molecule has 6 heteroatoms. The second kappa shape index (κ2) is 7.68. The summed E-state index contributed by atoms with van der Waals surface area (Å²) in [5, 5.41) is 0. The Balaban J connectivity index is 1.72. The zero-order chi connectivity index (χ0) is 17.8. The van der Waals surface area contributed by atoms with Crippen LogP contribution in [-0.2, 0) is 25.7 Å². The number of fused-ring (bicyclic) bond motifs is 1. The highest BCUT2D eigenvalue weighted by atomic mass is 16.6. The molecule has 2 fully saturated rings. The molecule has 4 atom stereocenters. The smallest absolute Gasteiger partial charge is 0.410 e. The summed E-state index contributed by atoms with van der Waals surface area (Å²) < 4.78 is 10.6. The highest BCUT2D eigenvalue weighted by Gasteiger charge is 2.54. The van der Waals surface area contributed by atoms with Crippen LogP contribution in [0.3, 0.4) is 0 Å². The number of nitrogens with zero attached hydrogens (tertiary/aromatic N) is 1. The Kier molecular flexibility index (Phi) is 5.36. The fourth-order valence-corrected chi connectivity index (χ4v) is 4.05. The van der Waals surface area contributed by atoms with Gasteiger partial charge in [0.2, 0.25) is 0 Å². The van der Waals surface area contributed by atoms with Crippen molar-refractivity contribution in [1.82, 2.24) is 4.90 Å². The average molecular weight is 345 g/mol. The van der Waals surface area contributed by atoms with Crippen molar-refractivity contribution in [2.45, 2.75) is 32.4 Å². The number of likely N-dealkylation sites (tertiary alicyclic amines) is 1. The monoisotopic (exact) mass is 345 g/mol. The van der Waals surface area contributed by atoms with E-state index in [4.69, 9.17) is 9.47 Å². The fraction of sp³-hybridized carbons (Fsp3) is 0.526. The maximum Gasteiger partial charge on any atom is 0.410 e. The molecule has 1 aliphatic carbocycles. The van der Waals surface area contributed by atoms with Crippen LogP contribution >= 0.6 is 0 Å². The number of esters is 1. The number of carbonyl (C=O) groups is 3. The lowest BCUT2D eigenvalue weighted by Gasteiger charge is -2.25. The topological polar surface area (TPSA) is 72.9 Å². The second-order valence-electron chi connectivity index (χ2n) is 6.59. The third kappa shape index (κ3) is 3.52. The minimum absolute atomic E-state index is 0.0104. The van der Waals surface area contributed by atoms with Gasteiger partial charge in [-0.05, 0) is 37.2 Å². The molecule has 0 bridgehead atoms. The predicted octanol–water partition coefficient (Wildman–Crippen LogP) is 2.41. The lowest BCUT2D eigenvalue weighted by molar-refractivity contribution is -0.149. The van der Waals surface area contributed by atoms with E-state index in [0.717, 1.165) is 24.7 Å². The first kappa shape index (κ1) is 17.5. The Morgan fingerprint density at radius 3 is 2.60 bits per heavy atom. The Morgan fingerprint density at radius 1 is 1.16 bits per heavy atom. The summed E-state index contributed by atoms with van der Waals surface area (Å²) >= 11 is 0. The summed E-state index contributed by atoms with van der Waals surface area (Å²) in [6.07, 6.45) is 1.94. The van der Waals surface area contributed by atoms with E-state index in [9.17, 15) is 14.4 Å². The zero-order valence-corrected chi connectivity index (χ0v) is 14.3. The van der Waals surface area contributed by atoms with Gasteiger partial charge >= 0.3 is 12.1 Å². The third-order valence-corrected chi connectivity index (χ3v) is 5.22. The molecule has 3 rings (SSSR count). The summed E-state index contributed by atoms with van der Waals surface area (Å²) in [5.74, 6) is -0.526. The zero-order valence-electron chi connectivity index (χ0n) is 14.3. The van der Waals surface area contributed by atoms with E-state index in [1.807, 2.05) is 30.3 Å². The molecule has 0 radical (unpaired) electrons. The van der Waals surface area contributed by atoms with E-state index in [2.05, 4.69) is 0 Å². The first-order valence-electron chi connectivity index (χ1n) is 8.75. The molecule has 1 amide bonds. The molecule has 134 valence electrons. The molecular formula is C19H23NO5. The lowest BCUT2D eigenvalue weighted by atomic mass is 9.90. The van der Waals surface area contributed by atoms with E-state index in [-0.39, 0.29) is 31.0 Å². The van der Waals surface area contributed by atoms with Crippen molar-refractivity contribution in [3.63, 3.8) is 0 Å². The molecule has 1 saturated heterocycles. The highest BCUT2D eigenvalue weighted by Crippen LogP contribution is 2.45. The predicted molar refractivity (Wildman–Crippen MR) is 89.5 cm³/mol. The first-order valence-corrected chi connectivity index (χ1v) is 8.75. The molecule has 1 aliphatic heterocycles. The minimum atomic E-state index is -0.654. The molecule has 0 spiro atoms. The molecule has 2 aliphatic rings. The van der Waals surface area contributed by atoms with E-state index >= 15 is 0 Å². The number of hydrogen-bond acceptors (Lipinski definition) is 5. The van der Waals surface area contributed by atoms with Crippen molar-refractivity contribution >= 4 is 18.3 Å². The Morgan fingerprint density at radius 2 is 1.92 bits per heavy atom. The largest absolute Gasteiger partial charge is 0.464 e. The van der Waals surface area contributed by atoms with Crippen molar-refractivity contribution < 1.29 is 23.9 Å². The summed E-state index contributed by atoms with van der Waals surface area (Å²) in [5.41, 5.74) is 0.883. The van der Waals surface area contributed by atoms with Crippen LogP contribution in [0.5, 0.6) is 0 Å². The van der Waals surface area contributed by atoms with Gasteiger partial charge in [0, 0.05) is 12.5 Å². The number of carbonyl (C=O) groups excluding carboxylic acids is 3. The molecule has 1 unspecified atom stereocenters. The van der Waals surface area contributed by atoms with Gasteiger partial charge in [0.1, 0.15) is 18.9 Å². The van der Waals surface area contributed by atoms with Crippen LogP contribution < -0.4 is 0 Å². The lowest BCUT2D eigenvalue weighted by Crippen LogP contribution is -2.44. The molecule has 0 aromatic heterocycles. The van der Waals surface area contributed by atoms with Gasteiger partial charge < -0.3 is 14.3 Å². The number of benzene rings is 1. The van der Waals surface area contributed by atoms with Crippen LogP contribution in [0.4, 0.5) is 4.79 Å². The van der Waals surface area contributed by atoms with Gasteiger partial charge in [-0.2, -0.15) is 0 Å². The van der Waals surface area contributed by atoms with Crippen LogP contribution in [0, 0.1) is 17.8 Å². The average Bonchev–Trinajstić information content (AvgIpc) is 3.19. The van der Waals surface area contributed by atoms with Gasteiger partial charge in [-0.15, -0.1) is 0 Å². The van der Waals surface area contributed by atoms with E-state index in [1.165, 1.54) is 4.90 Å². The maximum absolute atomic E-state index is 12.6.